The van der Waals surface area contributed by atoms with E-state index in [-0.39, 0.29) is 6.10 Å². The van der Waals surface area contributed by atoms with Crippen LogP contribution >= 0.6 is 0 Å². The molecule has 0 aliphatic carbocycles. The van der Waals surface area contributed by atoms with E-state index >= 15 is 0 Å². The molecule has 1 aromatic heterocycles. The Hall–Kier alpha value is -2.48. The van der Waals surface area contributed by atoms with Crippen molar-refractivity contribution in [3.05, 3.63) is 60.8 Å². The van der Waals surface area contributed by atoms with Gasteiger partial charge in [-0.2, -0.15) is 0 Å². The van der Waals surface area contributed by atoms with Crippen LogP contribution in [-0.2, 0) is 14.8 Å². The van der Waals surface area contributed by atoms with E-state index in [2.05, 4.69) is 21.8 Å². The molecule has 1 aliphatic rings. The van der Waals surface area contributed by atoms with E-state index in [0.29, 0.717) is 19.0 Å². The van der Waals surface area contributed by atoms with Crippen molar-refractivity contribution in [3.8, 4) is 16.9 Å². The minimum atomic E-state index is -3.39. The minimum Gasteiger partial charge on any atom is -0.486 e. The van der Waals surface area contributed by atoms with Crippen molar-refractivity contribution in [2.75, 3.05) is 13.2 Å². The number of nitrogens with zero attached hydrogens (tertiary/aromatic N) is 1. The highest BCUT2D eigenvalue weighted by Gasteiger charge is 2.34. The standard InChI is InChI=1S/C22H24N2O4S/c1-15(2)29(25,26)24-21-13-27-14-22(21)28-17-10-8-16(9-11-17)18-5-3-7-20-19(18)6-4-12-23-20/h3-12,15,21-22,24H,13-14H2,1-2H3. The number of sulfonamides is 1. The van der Waals surface area contributed by atoms with Crippen LogP contribution in [0.15, 0.2) is 60.8 Å². The number of hydrogen-bond donors (Lipinski definition) is 1. The average molecular weight is 413 g/mol. The molecule has 2 atom stereocenters. The predicted molar refractivity (Wildman–Crippen MR) is 113 cm³/mol. The predicted octanol–water partition coefficient (Wildman–Crippen LogP) is 3.38. The number of fused-ring (bicyclic) bond motifs is 1. The normalized spacial score (nSPS) is 19.7. The van der Waals surface area contributed by atoms with Gasteiger partial charge in [-0.15, -0.1) is 0 Å². The number of hydrogen-bond acceptors (Lipinski definition) is 5. The topological polar surface area (TPSA) is 77.5 Å². The first-order valence-corrected chi connectivity index (χ1v) is 11.2. The van der Waals surface area contributed by atoms with Crippen molar-refractivity contribution >= 4 is 20.9 Å². The summed E-state index contributed by atoms with van der Waals surface area (Å²) in [6.45, 7) is 3.95. The summed E-state index contributed by atoms with van der Waals surface area (Å²) in [5, 5.41) is 0.592. The van der Waals surface area contributed by atoms with Crippen LogP contribution in [0.2, 0.25) is 0 Å². The second kappa shape index (κ2) is 8.10. The van der Waals surface area contributed by atoms with Gasteiger partial charge in [-0.1, -0.05) is 30.3 Å². The summed E-state index contributed by atoms with van der Waals surface area (Å²) in [5.74, 6) is 0.677. The Bertz CT molecular complexity index is 1090. The Labute approximate surface area is 170 Å². The van der Waals surface area contributed by atoms with Crippen molar-refractivity contribution in [1.82, 2.24) is 9.71 Å². The summed E-state index contributed by atoms with van der Waals surface area (Å²) >= 11 is 0. The van der Waals surface area contributed by atoms with Gasteiger partial charge in [0, 0.05) is 11.6 Å². The van der Waals surface area contributed by atoms with Gasteiger partial charge in [0.2, 0.25) is 10.0 Å². The van der Waals surface area contributed by atoms with E-state index in [1.807, 2.05) is 42.5 Å². The van der Waals surface area contributed by atoms with Gasteiger partial charge in [0.15, 0.2) is 0 Å². The van der Waals surface area contributed by atoms with Crippen LogP contribution in [-0.4, -0.2) is 44.0 Å². The molecule has 2 aromatic carbocycles. The largest absolute Gasteiger partial charge is 0.486 e. The van der Waals surface area contributed by atoms with Gasteiger partial charge < -0.3 is 9.47 Å². The lowest BCUT2D eigenvalue weighted by Gasteiger charge is -2.21. The maximum atomic E-state index is 12.2. The highest BCUT2D eigenvalue weighted by molar-refractivity contribution is 7.90. The molecule has 0 bridgehead atoms. The van der Waals surface area contributed by atoms with Crippen molar-refractivity contribution in [3.63, 3.8) is 0 Å². The van der Waals surface area contributed by atoms with Gasteiger partial charge in [-0.25, -0.2) is 13.1 Å². The number of rotatable bonds is 6. The average Bonchev–Trinajstić information content (AvgIpc) is 3.14. The van der Waals surface area contributed by atoms with Crippen LogP contribution in [0.5, 0.6) is 5.75 Å². The zero-order valence-corrected chi connectivity index (χ0v) is 17.2. The number of aromatic nitrogens is 1. The second-order valence-corrected chi connectivity index (χ2v) is 9.68. The first kappa shape index (κ1) is 19.8. The molecule has 6 nitrogen and oxygen atoms in total. The Morgan fingerprint density at radius 2 is 1.86 bits per heavy atom. The van der Waals surface area contributed by atoms with E-state index in [9.17, 15) is 8.42 Å². The van der Waals surface area contributed by atoms with Gasteiger partial charge in [-0.05, 0) is 49.2 Å². The number of benzene rings is 2. The fourth-order valence-electron chi connectivity index (χ4n) is 3.35. The van der Waals surface area contributed by atoms with Crippen LogP contribution in [0.25, 0.3) is 22.0 Å². The monoisotopic (exact) mass is 412 g/mol. The van der Waals surface area contributed by atoms with Crippen LogP contribution in [0.1, 0.15) is 13.8 Å². The molecule has 0 spiro atoms. The van der Waals surface area contributed by atoms with E-state index in [1.54, 1.807) is 20.0 Å². The molecule has 4 rings (SSSR count). The molecule has 2 unspecified atom stereocenters. The molecule has 1 saturated heterocycles. The molecule has 29 heavy (non-hydrogen) atoms. The van der Waals surface area contributed by atoms with Gasteiger partial charge in [0.25, 0.3) is 0 Å². The van der Waals surface area contributed by atoms with E-state index in [4.69, 9.17) is 9.47 Å². The highest BCUT2D eigenvalue weighted by atomic mass is 32.2. The number of pyridine rings is 1. The maximum Gasteiger partial charge on any atom is 0.214 e. The van der Waals surface area contributed by atoms with Crippen LogP contribution in [0.4, 0.5) is 0 Å². The maximum absolute atomic E-state index is 12.2. The molecule has 3 aromatic rings. The third-order valence-electron chi connectivity index (χ3n) is 5.06. The molecular formula is C22H24N2O4S. The lowest BCUT2D eigenvalue weighted by Crippen LogP contribution is -2.47. The Morgan fingerprint density at radius 3 is 2.62 bits per heavy atom. The molecule has 0 radical (unpaired) electrons. The van der Waals surface area contributed by atoms with Crippen molar-refractivity contribution in [1.29, 1.82) is 0 Å². The van der Waals surface area contributed by atoms with Gasteiger partial charge in [-0.3, -0.25) is 4.98 Å². The lowest BCUT2D eigenvalue weighted by atomic mass is 10.0. The Balaban J connectivity index is 1.51. The summed E-state index contributed by atoms with van der Waals surface area (Å²) in [6, 6.07) is 17.5. The highest BCUT2D eigenvalue weighted by Crippen LogP contribution is 2.29. The molecule has 1 fully saturated rings. The van der Waals surface area contributed by atoms with Crippen molar-refractivity contribution in [2.45, 2.75) is 31.2 Å². The molecule has 152 valence electrons. The molecule has 1 N–H and O–H groups in total. The Morgan fingerprint density at radius 1 is 1.07 bits per heavy atom. The zero-order valence-electron chi connectivity index (χ0n) is 16.4. The zero-order chi connectivity index (χ0) is 20.4. The van der Waals surface area contributed by atoms with Crippen molar-refractivity contribution in [2.24, 2.45) is 0 Å². The smallest absolute Gasteiger partial charge is 0.214 e. The summed E-state index contributed by atoms with van der Waals surface area (Å²) < 4.78 is 38.5. The molecular weight excluding hydrogens is 388 g/mol. The number of nitrogens with one attached hydrogen (secondary N) is 1. The minimum absolute atomic E-state index is 0.303. The van der Waals surface area contributed by atoms with Gasteiger partial charge in [0.1, 0.15) is 11.9 Å². The molecule has 1 aliphatic heterocycles. The van der Waals surface area contributed by atoms with E-state index < -0.39 is 21.3 Å². The van der Waals surface area contributed by atoms with Crippen LogP contribution in [0, 0.1) is 0 Å². The summed E-state index contributed by atoms with van der Waals surface area (Å²) in [6.07, 6.45) is 1.42. The van der Waals surface area contributed by atoms with E-state index in [1.165, 1.54) is 0 Å². The quantitative estimate of drug-likeness (QED) is 0.672. The van der Waals surface area contributed by atoms with Gasteiger partial charge in [0.05, 0.1) is 30.0 Å². The fraction of sp³-hybridized carbons (Fsp3) is 0.318. The Kier molecular flexibility index (Phi) is 5.54. The first-order valence-electron chi connectivity index (χ1n) is 9.64. The first-order chi connectivity index (χ1) is 13.9. The van der Waals surface area contributed by atoms with Gasteiger partial charge >= 0.3 is 0 Å². The molecule has 2 heterocycles. The third-order valence-corrected chi connectivity index (χ3v) is 6.94. The molecule has 7 heteroatoms. The SMILES string of the molecule is CC(C)S(=O)(=O)NC1COCC1Oc1ccc(-c2cccc3ncccc23)cc1. The summed E-state index contributed by atoms with van der Waals surface area (Å²) in [4.78, 5) is 4.41. The lowest BCUT2D eigenvalue weighted by molar-refractivity contribution is 0.140. The molecule has 0 saturated carbocycles. The fourth-order valence-corrected chi connectivity index (χ4v) is 4.26. The molecule has 0 amide bonds. The van der Waals surface area contributed by atoms with Crippen LogP contribution < -0.4 is 9.46 Å². The third kappa shape index (κ3) is 4.27. The van der Waals surface area contributed by atoms with Crippen molar-refractivity contribution < 1.29 is 17.9 Å². The van der Waals surface area contributed by atoms with Crippen LogP contribution in [0.3, 0.4) is 0 Å². The summed E-state index contributed by atoms with van der Waals surface area (Å²) in [5.41, 5.74) is 3.12. The summed E-state index contributed by atoms with van der Waals surface area (Å²) in [7, 11) is -3.39. The second-order valence-electron chi connectivity index (χ2n) is 7.41. The van der Waals surface area contributed by atoms with E-state index in [0.717, 1.165) is 22.0 Å². The number of ether oxygens (including phenoxy) is 2.